The smallest absolute Gasteiger partial charge is 0.0736 e. The highest BCUT2D eigenvalue weighted by Gasteiger charge is 2.12. The van der Waals surface area contributed by atoms with Gasteiger partial charge in [-0.2, -0.15) is 5.10 Å². The van der Waals surface area contributed by atoms with Gasteiger partial charge in [0.05, 0.1) is 27.9 Å². The molecule has 0 radical (unpaired) electrons. The van der Waals surface area contributed by atoms with Crippen LogP contribution in [-0.2, 0) is 4.79 Å². The largest absolute Gasteiger partial charge is 0.549 e. The molecule has 4 nitrogen and oxygen atoms in total. The molecule has 0 aliphatic heterocycles. The van der Waals surface area contributed by atoms with Gasteiger partial charge in [0.15, 0.2) is 0 Å². The molecule has 18 heavy (non-hydrogen) atoms. The van der Waals surface area contributed by atoms with Crippen molar-refractivity contribution in [2.24, 2.45) is 0 Å². The van der Waals surface area contributed by atoms with E-state index in [4.69, 9.17) is 0 Å². The molecule has 2 rings (SSSR count). The Labute approximate surface area is 110 Å². The van der Waals surface area contributed by atoms with Crippen molar-refractivity contribution in [3.05, 3.63) is 41.7 Å². The van der Waals surface area contributed by atoms with Crippen LogP contribution in [0.2, 0.25) is 0 Å². The molecule has 0 bridgehead atoms. The molecule has 0 amide bonds. The molecule has 0 N–H and O–H groups in total. The molecule has 0 fully saturated rings. The number of aryl methyl sites for hydroxylation is 1. The molecule has 0 aliphatic carbocycles. The maximum Gasteiger partial charge on any atom is 0.0736 e. The number of hydrogen-bond donors (Lipinski definition) is 0. The average Bonchev–Trinajstić information content (AvgIpc) is 2.63. The van der Waals surface area contributed by atoms with Gasteiger partial charge >= 0.3 is 0 Å². The van der Waals surface area contributed by atoms with Crippen molar-refractivity contribution in [3.63, 3.8) is 0 Å². The summed E-state index contributed by atoms with van der Waals surface area (Å²) >= 11 is 1.25. The number of carboxylic acid groups (broad SMARTS) is 1. The fraction of sp³-hybridized carbons (Fsp3) is 0.231. The second kappa shape index (κ2) is 5.27. The Balaban J connectivity index is 2.35. The zero-order chi connectivity index (χ0) is 13.1. The summed E-state index contributed by atoms with van der Waals surface area (Å²) in [7, 11) is 0. The predicted octanol–water partition coefficient (Wildman–Crippen LogP) is 1.33. The molecule has 0 aliphatic rings. The van der Waals surface area contributed by atoms with Gasteiger partial charge in [-0.15, -0.1) is 11.8 Å². The van der Waals surface area contributed by atoms with E-state index in [9.17, 15) is 9.90 Å². The highest BCUT2D eigenvalue weighted by Crippen LogP contribution is 2.27. The lowest BCUT2D eigenvalue weighted by atomic mass is 10.3. The Kier molecular flexibility index (Phi) is 3.72. The third-order valence-electron chi connectivity index (χ3n) is 2.56. The zero-order valence-electron chi connectivity index (χ0n) is 10.2. The minimum absolute atomic E-state index is 0.0534. The van der Waals surface area contributed by atoms with Crippen molar-refractivity contribution in [2.75, 3.05) is 5.75 Å². The molecule has 5 heteroatoms. The summed E-state index contributed by atoms with van der Waals surface area (Å²) in [5, 5.41) is 15.0. The summed E-state index contributed by atoms with van der Waals surface area (Å²) < 4.78 is 1.83. The maximum atomic E-state index is 10.5. The second-order valence-corrected chi connectivity index (χ2v) is 4.89. The van der Waals surface area contributed by atoms with E-state index in [1.165, 1.54) is 11.8 Å². The quantitative estimate of drug-likeness (QED) is 0.779. The number of aromatic nitrogens is 2. The van der Waals surface area contributed by atoms with Gasteiger partial charge < -0.3 is 9.90 Å². The highest BCUT2D eigenvalue weighted by molar-refractivity contribution is 8.00. The molecule has 0 saturated carbocycles. The lowest BCUT2D eigenvalue weighted by Crippen LogP contribution is -2.24. The third kappa shape index (κ3) is 2.56. The van der Waals surface area contributed by atoms with E-state index in [1.54, 1.807) is 0 Å². The molecule has 94 valence electrons. The Hall–Kier alpha value is -1.75. The Morgan fingerprint density at radius 3 is 2.61 bits per heavy atom. The molecule has 0 spiro atoms. The molecular formula is C13H13N2O2S-. The third-order valence-corrected chi connectivity index (χ3v) is 3.82. The number of benzene rings is 1. The molecule has 1 aromatic carbocycles. The van der Waals surface area contributed by atoms with Gasteiger partial charge in [0.25, 0.3) is 0 Å². The maximum absolute atomic E-state index is 10.5. The normalized spacial score (nSPS) is 10.6. The van der Waals surface area contributed by atoms with Gasteiger partial charge in [-0.3, -0.25) is 0 Å². The standard InChI is InChI=1S/C13H14N2O2S/c1-9-13(18-8-12(16)17)10(2)15(14-9)11-6-4-3-5-7-11/h3-7H,8H2,1-2H3,(H,16,17)/p-1. The number of thioether (sulfide) groups is 1. The molecule has 1 aromatic heterocycles. The summed E-state index contributed by atoms with van der Waals surface area (Å²) in [6, 6.07) is 9.76. The van der Waals surface area contributed by atoms with E-state index in [1.807, 2.05) is 48.9 Å². The molecule has 0 atom stereocenters. The van der Waals surface area contributed by atoms with Crippen LogP contribution in [0.15, 0.2) is 35.2 Å². The number of aliphatic carboxylic acids is 1. The van der Waals surface area contributed by atoms with E-state index in [2.05, 4.69) is 5.10 Å². The van der Waals surface area contributed by atoms with Crippen LogP contribution in [0.25, 0.3) is 5.69 Å². The van der Waals surface area contributed by atoms with Crippen molar-refractivity contribution in [2.45, 2.75) is 18.7 Å². The van der Waals surface area contributed by atoms with E-state index in [0.717, 1.165) is 22.0 Å². The van der Waals surface area contributed by atoms with Crippen LogP contribution in [0.1, 0.15) is 11.4 Å². The van der Waals surface area contributed by atoms with Crippen molar-refractivity contribution in [1.82, 2.24) is 9.78 Å². The monoisotopic (exact) mass is 261 g/mol. The Morgan fingerprint density at radius 1 is 1.33 bits per heavy atom. The van der Waals surface area contributed by atoms with Crippen LogP contribution < -0.4 is 5.11 Å². The number of hydrogen-bond acceptors (Lipinski definition) is 4. The first-order valence-corrected chi connectivity index (χ1v) is 6.52. The van der Waals surface area contributed by atoms with E-state index in [-0.39, 0.29) is 5.75 Å². The fourth-order valence-corrected chi connectivity index (χ4v) is 2.60. The van der Waals surface area contributed by atoms with Gasteiger partial charge in [0, 0.05) is 5.75 Å². The second-order valence-electron chi connectivity index (χ2n) is 3.91. The summed E-state index contributed by atoms with van der Waals surface area (Å²) in [4.78, 5) is 11.4. The van der Waals surface area contributed by atoms with Gasteiger partial charge in [-0.05, 0) is 26.0 Å². The van der Waals surface area contributed by atoms with Gasteiger partial charge in [-0.1, -0.05) is 18.2 Å². The van der Waals surface area contributed by atoms with Crippen LogP contribution in [0.3, 0.4) is 0 Å². The van der Waals surface area contributed by atoms with E-state index in [0.29, 0.717) is 0 Å². The van der Waals surface area contributed by atoms with Crippen LogP contribution in [0, 0.1) is 13.8 Å². The zero-order valence-corrected chi connectivity index (χ0v) is 11.0. The molecule has 0 saturated heterocycles. The summed E-state index contributed by atoms with van der Waals surface area (Å²) in [6.45, 7) is 3.81. The molecular weight excluding hydrogens is 248 g/mol. The highest BCUT2D eigenvalue weighted by atomic mass is 32.2. The number of carbonyl (C=O) groups is 1. The lowest BCUT2D eigenvalue weighted by molar-refractivity contribution is -0.301. The van der Waals surface area contributed by atoms with E-state index >= 15 is 0 Å². The topological polar surface area (TPSA) is 58.0 Å². The van der Waals surface area contributed by atoms with Gasteiger partial charge in [0.1, 0.15) is 0 Å². The number of para-hydroxylation sites is 1. The summed E-state index contributed by atoms with van der Waals surface area (Å²) in [5.74, 6) is -1.12. The first-order valence-electron chi connectivity index (χ1n) is 5.54. The first-order chi connectivity index (χ1) is 8.59. The van der Waals surface area contributed by atoms with Crippen LogP contribution in [-0.4, -0.2) is 21.5 Å². The lowest BCUT2D eigenvalue weighted by Gasteiger charge is -2.05. The Bertz CT molecular complexity index is 564. The van der Waals surface area contributed by atoms with Gasteiger partial charge in [-0.25, -0.2) is 4.68 Å². The SMILES string of the molecule is Cc1nn(-c2ccccc2)c(C)c1SCC(=O)[O-]. The minimum Gasteiger partial charge on any atom is -0.549 e. The number of carbonyl (C=O) groups excluding carboxylic acids is 1. The number of carboxylic acids is 1. The van der Waals surface area contributed by atoms with Crippen molar-refractivity contribution < 1.29 is 9.90 Å². The fourth-order valence-electron chi connectivity index (χ4n) is 1.79. The van der Waals surface area contributed by atoms with Crippen LogP contribution in [0.5, 0.6) is 0 Å². The van der Waals surface area contributed by atoms with Crippen molar-refractivity contribution in [3.8, 4) is 5.69 Å². The summed E-state index contributed by atoms with van der Waals surface area (Å²) in [5.41, 5.74) is 2.76. The number of nitrogens with zero attached hydrogens (tertiary/aromatic N) is 2. The van der Waals surface area contributed by atoms with Crippen molar-refractivity contribution in [1.29, 1.82) is 0 Å². The van der Waals surface area contributed by atoms with Gasteiger partial charge in [0.2, 0.25) is 0 Å². The first kappa shape index (κ1) is 12.7. The van der Waals surface area contributed by atoms with E-state index < -0.39 is 5.97 Å². The minimum atomic E-state index is -1.06. The van der Waals surface area contributed by atoms with Crippen molar-refractivity contribution >= 4 is 17.7 Å². The molecule has 1 heterocycles. The van der Waals surface area contributed by atoms with Crippen LogP contribution >= 0.6 is 11.8 Å². The van der Waals surface area contributed by atoms with Crippen LogP contribution in [0.4, 0.5) is 0 Å². The molecule has 2 aromatic rings. The Morgan fingerprint density at radius 2 is 2.00 bits per heavy atom. The summed E-state index contributed by atoms with van der Waals surface area (Å²) in [6.07, 6.45) is 0. The number of rotatable bonds is 4. The average molecular weight is 261 g/mol. The molecule has 0 unspecified atom stereocenters. The predicted molar refractivity (Wildman–Crippen MR) is 68.8 cm³/mol.